The predicted molar refractivity (Wildman–Crippen MR) is 86.9 cm³/mol. The average Bonchev–Trinajstić information content (AvgIpc) is 2.78. The molecule has 2 rings (SSSR count). The Morgan fingerprint density at radius 1 is 1.21 bits per heavy atom. The minimum atomic E-state index is 0.259. The highest BCUT2D eigenvalue weighted by molar-refractivity contribution is 7.16. The van der Waals surface area contributed by atoms with E-state index in [0.717, 1.165) is 10.0 Å². The van der Waals surface area contributed by atoms with Gasteiger partial charge in [-0.15, -0.1) is 11.3 Å². The molecule has 0 amide bonds. The molecule has 0 saturated heterocycles. The highest BCUT2D eigenvalue weighted by Gasteiger charge is 2.09. The molecule has 1 heterocycles. The summed E-state index contributed by atoms with van der Waals surface area (Å²) in [7, 11) is 4.13. The van der Waals surface area contributed by atoms with Gasteiger partial charge in [0, 0.05) is 30.3 Å². The van der Waals surface area contributed by atoms with E-state index in [-0.39, 0.29) is 6.04 Å². The Kier molecular flexibility index (Phi) is 4.38. The smallest absolute Gasteiger partial charge is 0.0932 e. The first-order valence-corrected chi connectivity index (χ1v) is 7.46. The van der Waals surface area contributed by atoms with E-state index >= 15 is 0 Å². The number of anilines is 2. The Morgan fingerprint density at radius 3 is 2.53 bits per heavy atom. The summed E-state index contributed by atoms with van der Waals surface area (Å²) in [4.78, 5) is 3.38. The zero-order valence-electron chi connectivity index (χ0n) is 11.7. The summed E-state index contributed by atoms with van der Waals surface area (Å²) in [6.07, 6.45) is 0. The number of benzene rings is 1. The number of hydrogen-bond donors (Lipinski definition) is 1. The fraction of sp³-hybridized carbons (Fsp3) is 0.333. The molecular formula is C15H19ClN2S. The van der Waals surface area contributed by atoms with Crippen LogP contribution in [0.3, 0.4) is 0 Å². The Bertz CT molecular complexity index is 563. The van der Waals surface area contributed by atoms with Gasteiger partial charge in [-0.25, -0.2) is 0 Å². The summed E-state index contributed by atoms with van der Waals surface area (Å²) >= 11 is 7.60. The molecule has 0 aliphatic heterocycles. The predicted octanol–water partition coefficient (Wildman–Crippen LogP) is 4.95. The van der Waals surface area contributed by atoms with Gasteiger partial charge in [0.05, 0.1) is 10.4 Å². The fourth-order valence-corrected chi connectivity index (χ4v) is 3.13. The van der Waals surface area contributed by atoms with Crippen LogP contribution in [0.4, 0.5) is 11.4 Å². The molecule has 0 saturated carbocycles. The van der Waals surface area contributed by atoms with Crippen molar-refractivity contribution in [1.82, 2.24) is 0 Å². The number of nitrogens with zero attached hydrogens (tertiary/aromatic N) is 1. The normalized spacial score (nSPS) is 12.3. The lowest BCUT2D eigenvalue weighted by molar-refractivity contribution is 0.907. The topological polar surface area (TPSA) is 15.3 Å². The maximum Gasteiger partial charge on any atom is 0.0932 e. The molecule has 0 aliphatic carbocycles. The van der Waals surface area contributed by atoms with Crippen molar-refractivity contribution in [1.29, 1.82) is 0 Å². The van der Waals surface area contributed by atoms with Crippen molar-refractivity contribution < 1.29 is 0 Å². The van der Waals surface area contributed by atoms with E-state index in [1.807, 2.05) is 6.07 Å². The van der Waals surface area contributed by atoms with Gasteiger partial charge in [-0.2, -0.15) is 0 Å². The summed E-state index contributed by atoms with van der Waals surface area (Å²) < 4.78 is 0.835. The van der Waals surface area contributed by atoms with E-state index in [1.165, 1.54) is 16.1 Å². The first-order valence-electron chi connectivity index (χ1n) is 6.27. The maximum atomic E-state index is 5.98. The molecule has 0 bridgehead atoms. The Hall–Kier alpha value is -1.19. The first-order chi connectivity index (χ1) is 8.97. The standard InChI is InChI=1S/C15H19ClN2S/c1-10-5-6-12(9-13(10)18(3)4)17-11(2)14-7-8-15(16)19-14/h5-9,11,17H,1-4H3. The van der Waals surface area contributed by atoms with Crippen LogP contribution in [0, 0.1) is 6.92 Å². The third-order valence-corrected chi connectivity index (χ3v) is 4.51. The summed E-state index contributed by atoms with van der Waals surface area (Å²) in [5.74, 6) is 0. The van der Waals surface area contributed by atoms with Crippen molar-refractivity contribution >= 4 is 34.3 Å². The molecule has 0 radical (unpaired) electrons. The zero-order chi connectivity index (χ0) is 14.0. The van der Waals surface area contributed by atoms with Crippen molar-refractivity contribution in [2.45, 2.75) is 19.9 Å². The van der Waals surface area contributed by atoms with E-state index in [0.29, 0.717) is 0 Å². The quantitative estimate of drug-likeness (QED) is 0.858. The second kappa shape index (κ2) is 5.85. The molecule has 1 atom stereocenters. The maximum absolute atomic E-state index is 5.98. The second-order valence-electron chi connectivity index (χ2n) is 4.90. The van der Waals surface area contributed by atoms with Gasteiger partial charge in [-0.1, -0.05) is 17.7 Å². The second-order valence-corrected chi connectivity index (χ2v) is 6.65. The van der Waals surface area contributed by atoms with Gasteiger partial charge in [0.25, 0.3) is 0 Å². The lowest BCUT2D eigenvalue weighted by atomic mass is 10.1. The molecule has 2 aromatic rings. The highest BCUT2D eigenvalue weighted by atomic mass is 35.5. The summed E-state index contributed by atoms with van der Waals surface area (Å²) in [5.41, 5.74) is 3.65. The highest BCUT2D eigenvalue weighted by Crippen LogP contribution is 2.30. The van der Waals surface area contributed by atoms with Crippen LogP contribution in [-0.2, 0) is 0 Å². The number of rotatable bonds is 4. The van der Waals surface area contributed by atoms with Crippen molar-refractivity contribution in [2.75, 3.05) is 24.3 Å². The van der Waals surface area contributed by atoms with Crippen LogP contribution in [0.5, 0.6) is 0 Å². The van der Waals surface area contributed by atoms with Crippen LogP contribution in [0.1, 0.15) is 23.4 Å². The lowest BCUT2D eigenvalue weighted by Gasteiger charge is -2.19. The average molecular weight is 295 g/mol. The molecular weight excluding hydrogens is 276 g/mol. The number of halogens is 1. The number of nitrogens with one attached hydrogen (secondary N) is 1. The van der Waals surface area contributed by atoms with E-state index in [4.69, 9.17) is 11.6 Å². The monoisotopic (exact) mass is 294 g/mol. The van der Waals surface area contributed by atoms with Crippen LogP contribution in [0.15, 0.2) is 30.3 Å². The minimum absolute atomic E-state index is 0.259. The van der Waals surface area contributed by atoms with Crippen molar-refractivity contribution in [3.05, 3.63) is 45.1 Å². The number of thiophene rings is 1. The van der Waals surface area contributed by atoms with E-state index in [1.54, 1.807) is 11.3 Å². The van der Waals surface area contributed by atoms with Crippen LogP contribution in [-0.4, -0.2) is 14.1 Å². The van der Waals surface area contributed by atoms with Crippen LogP contribution >= 0.6 is 22.9 Å². The van der Waals surface area contributed by atoms with Gasteiger partial charge in [0.15, 0.2) is 0 Å². The van der Waals surface area contributed by atoms with Gasteiger partial charge in [-0.3, -0.25) is 0 Å². The van der Waals surface area contributed by atoms with Gasteiger partial charge in [-0.05, 0) is 43.7 Å². The molecule has 1 unspecified atom stereocenters. The minimum Gasteiger partial charge on any atom is -0.378 e. The van der Waals surface area contributed by atoms with Crippen LogP contribution in [0.2, 0.25) is 4.34 Å². The van der Waals surface area contributed by atoms with E-state index in [9.17, 15) is 0 Å². The third-order valence-electron chi connectivity index (χ3n) is 3.09. The largest absolute Gasteiger partial charge is 0.378 e. The van der Waals surface area contributed by atoms with E-state index < -0.39 is 0 Å². The molecule has 0 spiro atoms. The molecule has 19 heavy (non-hydrogen) atoms. The van der Waals surface area contributed by atoms with Crippen LogP contribution in [0.25, 0.3) is 0 Å². The third kappa shape index (κ3) is 3.43. The van der Waals surface area contributed by atoms with Crippen molar-refractivity contribution in [2.24, 2.45) is 0 Å². The zero-order valence-corrected chi connectivity index (χ0v) is 13.3. The van der Waals surface area contributed by atoms with Crippen molar-refractivity contribution in [3.63, 3.8) is 0 Å². The summed E-state index contributed by atoms with van der Waals surface area (Å²) in [6.45, 7) is 4.28. The van der Waals surface area contributed by atoms with Crippen molar-refractivity contribution in [3.8, 4) is 0 Å². The summed E-state index contributed by atoms with van der Waals surface area (Å²) in [5, 5.41) is 3.52. The number of hydrogen-bond acceptors (Lipinski definition) is 3. The fourth-order valence-electron chi connectivity index (χ4n) is 2.06. The Morgan fingerprint density at radius 2 is 1.95 bits per heavy atom. The Balaban J connectivity index is 2.17. The molecule has 1 aromatic heterocycles. The molecule has 2 nitrogen and oxygen atoms in total. The summed E-state index contributed by atoms with van der Waals surface area (Å²) in [6, 6.07) is 10.7. The van der Waals surface area contributed by atoms with Crippen LogP contribution < -0.4 is 10.2 Å². The van der Waals surface area contributed by atoms with Gasteiger partial charge >= 0.3 is 0 Å². The lowest BCUT2D eigenvalue weighted by Crippen LogP contribution is -2.11. The van der Waals surface area contributed by atoms with Gasteiger partial charge < -0.3 is 10.2 Å². The Labute approximate surface area is 124 Å². The van der Waals surface area contributed by atoms with Gasteiger partial charge in [0.1, 0.15) is 0 Å². The molecule has 0 fully saturated rings. The molecule has 102 valence electrons. The molecule has 0 aliphatic rings. The number of aryl methyl sites for hydroxylation is 1. The first kappa shape index (κ1) is 14.2. The van der Waals surface area contributed by atoms with Gasteiger partial charge in [0.2, 0.25) is 0 Å². The molecule has 1 aromatic carbocycles. The van der Waals surface area contributed by atoms with E-state index in [2.05, 4.69) is 62.4 Å². The molecule has 1 N–H and O–H groups in total. The molecule has 4 heteroatoms. The SMILES string of the molecule is Cc1ccc(NC(C)c2ccc(Cl)s2)cc1N(C)C.